The Labute approximate surface area is 262 Å². The number of carbonyl (C=O) groups excluding carboxylic acids is 2. The Morgan fingerprint density at radius 2 is 1.60 bits per heavy atom. The van der Waals surface area contributed by atoms with Crippen molar-refractivity contribution in [3.05, 3.63) is 87.9 Å². The molecule has 0 saturated heterocycles. The highest BCUT2D eigenvalue weighted by Crippen LogP contribution is 2.35. The van der Waals surface area contributed by atoms with Gasteiger partial charge in [0.05, 0.1) is 11.9 Å². The van der Waals surface area contributed by atoms with Crippen molar-refractivity contribution in [2.45, 2.75) is 45.3 Å². The fourth-order valence-corrected chi connectivity index (χ4v) is 6.01. The van der Waals surface area contributed by atoms with E-state index in [-0.39, 0.29) is 30.6 Å². The average molecular weight is 649 g/mol. The number of hydrogen-bond acceptors (Lipinski definition) is 6. The molecule has 3 aromatic rings. The lowest BCUT2D eigenvalue weighted by Gasteiger charge is -2.34. The van der Waals surface area contributed by atoms with Gasteiger partial charge in [-0.2, -0.15) is 0 Å². The Kier molecular flexibility index (Phi) is 10.8. The first-order valence-electron chi connectivity index (χ1n) is 13.9. The van der Waals surface area contributed by atoms with E-state index in [1.54, 1.807) is 30.3 Å². The van der Waals surface area contributed by atoms with E-state index >= 15 is 0 Å². The summed E-state index contributed by atoms with van der Waals surface area (Å²) in [6.45, 7) is 3.81. The van der Waals surface area contributed by atoms with Gasteiger partial charge in [0.1, 0.15) is 25.8 Å². The van der Waals surface area contributed by atoms with E-state index < -0.39 is 28.5 Å². The van der Waals surface area contributed by atoms with Gasteiger partial charge in [0, 0.05) is 40.7 Å². The van der Waals surface area contributed by atoms with E-state index in [1.165, 1.54) is 11.0 Å². The summed E-state index contributed by atoms with van der Waals surface area (Å²) in [4.78, 5) is 29.4. The van der Waals surface area contributed by atoms with Crippen molar-refractivity contribution in [1.29, 1.82) is 0 Å². The zero-order chi connectivity index (χ0) is 31.1. The van der Waals surface area contributed by atoms with Crippen LogP contribution in [0.4, 0.5) is 5.69 Å². The SMILES string of the molecule is CC[C@@H](C)NC(=O)[C@@H](Cc1ccccc1)N(Cc1c(Cl)cccc1Cl)C(=O)CN(c1ccc2c(c1)OCCO2)S(C)(=O)=O. The molecule has 3 aromatic carbocycles. The second-order valence-electron chi connectivity index (χ2n) is 10.3. The van der Waals surface area contributed by atoms with E-state index in [0.717, 1.165) is 16.1 Å². The van der Waals surface area contributed by atoms with Gasteiger partial charge in [-0.15, -0.1) is 0 Å². The molecule has 230 valence electrons. The molecule has 0 fully saturated rings. The average Bonchev–Trinajstić information content (AvgIpc) is 2.98. The molecule has 1 N–H and O–H groups in total. The van der Waals surface area contributed by atoms with Gasteiger partial charge in [0.15, 0.2) is 11.5 Å². The third-order valence-corrected chi connectivity index (χ3v) is 9.00. The number of ether oxygens (including phenoxy) is 2. The van der Waals surface area contributed by atoms with Gasteiger partial charge in [0.25, 0.3) is 0 Å². The minimum atomic E-state index is -3.95. The van der Waals surface area contributed by atoms with Crippen molar-refractivity contribution < 1.29 is 27.5 Å². The number of nitrogens with one attached hydrogen (secondary N) is 1. The van der Waals surface area contributed by atoms with Crippen molar-refractivity contribution in [3.63, 3.8) is 0 Å². The molecule has 43 heavy (non-hydrogen) atoms. The van der Waals surface area contributed by atoms with Crippen LogP contribution >= 0.6 is 23.2 Å². The summed E-state index contributed by atoms with van der Waals surface area (Å²) in [5.74, 6) is -0.134. The van der Waals surface area contributed by atoms with E-state index in [2.05, 4.69) is 5.32 Å². The van der Waals surface area contributed by atoms with E-state index in [1.807, 2.05) is 44.2 Å². The van der Waals surface area contributed by atoms with Crippen molar-refractivity contribution in [2.24, 2.45) is 0 Å². The summed E-state index contributed by atoms with van der Waals surface area (Å²) in [5, 5.41) is 3.62. The van der Waals surface area contributed by atoms with Crippen molar-refractivity contribution >= 4 is 50.7 Å². The summed E-state index contributed by atoms with van der Waals surface area (Å²) in [5.41, 5.74) is 1.49. The third-order valence-electron chi connectivity index (χ3n) is 7.16. The lowest BCUT2D eigenvalue weighted by atomic mass is 10.0. The predicted octanol–water partition coefficient (Wildman–Crippen LogP) is 5.09. The molecule has 12 heteroatoms. The van der Waals surface area contributed by atoms with Gasteiger partial charge in [-0.3, -0.25) is 13.9 Å². The molecular formula is C31H35Cl2N3O6S. The summed E-state index contributed by atoms with van der Waals surface area (Å²) in [7, 11) is -3.95. The normalized spacial score (nSPS) is 14.0. The molecule has 0 aromatic heterocycles. The number of benzene rings is 3. The Hall–Kier alpha value is -3.47. The van der Waals surface area contributed by atoms with E-state index in [0.29, 0.717) is 46.7 Å². The third kappa shape index (κ3) is 8.34. The number of fused-ring (bicyclic) bond motifs is 1. The van der Waals surface area contributed by atoms with E-state index in [9.17, 15) is 18.0 Å². The van der Waals surface area contributed by atoms with E-state index in [4.69, 9.17) is 32.7 Å². The lowest BCUT2D eigenvalue weighted by molar-refractivity contribution is -0.140. The number of amides is 2. The Morgan fingerprint density at radius 3 is 2.23 bits per heavy atom. The standard InChI is InChI=1S/C31H35Cl2N3O6S/c1-4-21(2)34-31(38)27(17-22-9-6-5-7-10-22)35(19-24-25(32)11-8-12-26(24)33)30(37)20-36(43(3,39)40)23-13-14-28-29(18-23)42-16-15-41-28/h5-14,18,21,27H,4,15-17,19-20H2,1-3H3,(H,34,38)/t21-,27-/m1/s1. The summed E-state index contributed by atoms with van der Waals surface area (Å²) in [6.07, 6.45) is 1.88. The molecule has 4 rings (SSSR count). The molecule has 0 aliphatic carbocycles. The Morgan fingerprint density at radius 1 is 0.953 bits per heavy atom. The predicted molar refractivity (Wildman–Crippen MR) is 168 cm³/mol. The van der Waals surface area contributed by atoms with Crippen molar-refractivity contribution in [3.8, 4) is 11.5 Å². The molecular weight excluding hydrogens is 613 g/mol. The van der Waals surface area contributed by atoms with Crippen LogP contribution in [0.1, 0.15) is 31.4 Å². The highest BCUT2D eigenvalue weighted by atomic mass is 35.5. The number of nitrogens with zero attached hydrogens (tertiary/aromatic N) is 2. The maximum Gasteiger partial charge on any atom is 0.244 e. The maximum atomic E-state index is 14.3. The van der Waals surface area contributed by atoms with Crippen LogP contribution in [0.15, 0.2) is 66.7 Å². The Bertz CT molecular complexity index is 1530. The van der Waals surface area contributed by atoms with Gasteiger partial charge in [-0.1, -0.05) is 66.5 Å². The van der Waals surface area contributed by atoms with Crippen LogP contribution in [-0.4, -0.2) is 63.2 Å². The topological polar surface area (TPSA) is 105 Å². The molecule has 1 heterocycles. The van der Waals surface area contributed by atoms with Crippen LogP contribution < -0.4 is 19.1 Å². The van der Waals surface area contributed by atoms with Crippen LogP contribution in [0, 0.1) is 0 Å². The highest BCUT2D eigenvalue weighted by molar-refractivity contribution is 7.92. The molecule has 9 nitrogen and oxygen atoms in total. The molecule has 1 aliphatic rings. The zero-order valence-corrected chi connectivity index (χ0v) is 26.6. The van der Waals surface area contributed by atoms with Gasteiger partial charge < -0.3 is 19.7 Å². The fraction of sp³-hybridized carbons (Fsp3) is 0.355. The second kappa shape index (κ2) is 14.3. The lowest BCUT2D eigenvalue weighted by Crippen LogP contribution is -2.54. The monoisotopic (exact) mass is 647 g/mol. The van der Waals surface area contributed by atoms with Gasteiger partial charge in [-0.05, 0) is 43.2 Å². The van der Waals surface area contributed by atoms with Crippen LogP contribution in [0.5, 0.6) is 11.5 Å². The van der Waals surface area contributed by atoms with Crippen molar-refractivity contribution in [2.75, 3.05) is 30.3 Å². The molecule has 0 saturated carbocycles. The smallest absolute Gasteiger partial charge is 0.244 e. The zero-order valence-electron chi connectivity index (χ0n) is 24.3. The van der Waals surface area contributed by atoms with Crippen molar-refractivity contribution in [1.82, 2.24) is 10.2 Å². The highest BCUT2D eigenvalue weighted by Gasteiger charge is 2.34. The summed E-state index contributed by atoms with van der Waals surface area (Å²) < 4.78 is 38.3. The first-order chi connectivity index (χ1) is 20.5. The number of anilines is 1. The van der Waals surface area contributed by atoms with Crippen LogP contribution in [0.3, 0.4) is 0 Å². The number of rotatable bonds is 12. The first kappa shape index (κ1) is 32.4. The molecule has 0 radical (unpaired) electrons. The number of halogens is 2. The molecule has 2 amide bonds. The fourth-order valence-electron chi connectivity index (χ4n) is 4.65. The molecule has 1 aliphatic heterocycles. The minimum Gasteiger partial charge on any atom is -0.486 e. The largest absolute Gasteiger partial charge is 0.486 e. The first-order valence-corrected chi connectivity index (χ1v) is 16.5. The van der Waals surface area contributed by atoms with Gasteiger partial charge >= 0.3 is 0 Å². The summed E-state index contributed by atoms with van der Waals surface area (Å²) >= 11 is 13.0. The molecule has 0 bridgehead atoms. The van der Waals surface area contributed by atoms with Crippen LogP contribution in [0.25, 0.3) is 0 Å². The number of carbonyl (C=O) groups is 2. The maximum absolute atomic E-state index is 14.3. The minimum absolute atomic E-state index is 0.124. The summed E-state index contributed by atoms with van der Waals surface area (Å²) in [6, 6.07) is 17.8. The quantitative estimate of drug-likeness (QED) is 0.294. The van der Waals surface area contributed by atoms with Crippen LogP contribution in [-0.2, 0) is 32.6 Å². The van der Waals surface area contributed by atoms with Gasteiger partial charge in [0.2, 0.25) is 21.8 Å². The van der Waals surface area contributed by atoms with Gasteiger partial charge in [-0.25, -0.2) is 8.42 Å². The molecule has 0 unspecified atom stereocenters. The molecule has 0 spiro atoms. The molecule has 2 atom stereocenters. The number of sulfonamides is 1. The second-order valence-corrected chi connectivity index (χ2v) is 13.1. The number of hydrogen-bond donors (Lipinski definition) is 1. The Balaban J connectivity index is 1.77. The van der Waals surface area contributed by atoms with Crippen LogP contribution in [0.2, 0.25) is 10.0 Å².